The minimum absolute atomic E-state index is 0.215. The predicted molar refractivity (Wildman–Crippen MR) is 85.5 cm³/mol. The fourth-order valence-corrected chi connectivity index (χ4v) is 2.80. The Bertz CT molecular complexity index is 991. The molecule has 0 amide bonds. The Balaban J connectivity index is 2.03. The van der Waals surface area contributed by atoms with Gasteiger partial charge in [0.15, 0.2) is 11.6 Å². The van der Waals surface area contributed by atoms with Gasteiger partial charge in [-0.3, -0.25) is 4.98 Å². The largest absolute Gasteiger partial charge is 0.494 e. The van der Waals surface area contributed by atoms with Crippen molar-refractivity contribution >= 4 is 21.8 Å². The number of para-hydroxylation sites is 1. The van der Waals surface area contributed by atoms with E-state index in [1.165, 1.54) is 13.2 Å². The number of ether oxygens (including phenoxy) is 1. The van der Waals surface area contributed by atoms with Crippen molar-refractivity contribution in [1.82, 2.24) is 9.97 Å². The van der Waals surface area contributed by atoms with Gasteiger partial charge in [-0.15, -0.1) is 0 Å². The molecule has 0 aliphatic carbocycles. The molecule has 0 saturated carbocycles. The number of aromatic amines is 1. The maximum Gasteiger partial charge on any atom is 0.165 e. The van der Waals surface area contributed by atoms with E-state index in [-0.39, 0.29) is 11.6 Å². The van der Waals surface area contributed by atoms with Crippen molar-refractivity contribution < 1.29 is 9.13 Å². The minimum Gasteiger partial charge on any atom is -0.494 e. The molecule has 0 unspecified atom stereocenters. The van der Waals surface area contributed by atoms with E-state index in [2.05, 4.69) is 16.0 Å². The molecule has 0 spiro atoms. The van der Waals surface area contributed by atoms with Gasteiger partial charge in [-0.05, 0) is 30.3 Å². The molecule has 4 aromatic rings. The molecule has 0 radical (unpaired) electrons. The molecule has 2 heterocycles. The van der Waals surface area contributed by atoms with Crippen molar-refractivity contribution in [1.29, 1.82) is 0 Å². The van der Waals surface area contributed by atoms with Gasteiger partial charge >= 0.3 is 0 Å². The number of aromatic nitrogens is 2. The number of nitrogens with zero attached hydrogens (tertiary/aromatic N) is 1. The van der Waals surface area contributed by atoms with Crippen LogP contribution in [0.4, 0.5) is 4.39 Å². The van der Waals surface area contributed by atoms with Gasteiger partial charge in [0.1, 0.15) is 0 Å². The van der Waals surface area contributed by atoms with Crippen LogP contribution in [0.2, 0.25) is 0 Å². The predicted octanol–water partition coefficient (Wildman–Crippen LogP) is 4.53. The first-order valence-corrected chi connectivity index (χ1v) is 6.97. The molecule has 2 aromatic heterocycles. The monoisotopic (exact) mass is 292 g/mol. The summed E-state index contributed by atoms with van der Waals surface area (Å²) in [6.45, 7) is 0. The second-order valence-corrected chi connectivity index (χ2v) is 5.10. The van der Waals surface area contributed by atoms with Gasteiger partial charge in [0.2, 0.25) is 0 Å². The molecule has 0 saturated heterocycles. The molecule has 0 aliphatic heterocycles. The van der Waals surface area contributed by atoms with Crippen molar-refractivity contribution in [2.24, 2.45) is 0 Å². The topological polar surface area (TPSA) is 37.9 Å². The van der Waals surface area contributed by atoms with Gasteiger partial charge in [0.25, 0.3) is 0 Å². The van der Waals surface area contributed by atoms with Gasteiger partial charge in [0.05, 0.1) is 18.3 Å². The van der Waals surface area contributed by atoms with Crippen LogP contribution in [0.25, 0.3) is 33.1 Å². The summed E-state index contributed by atoms with van der Waals surface area (Å²) in [5.41, 5.74) is 3.60. The van der Waals surface area contributed by atoms with E-state index in [9.17, 15) is 4.39 Å². The summed E-state index contributed by atoms with van der Waals surface area (Å²) in [6, 6.07) is 14.9. The Hall–Kier alpha value is -2.88. The first-order chi connectivity index (χ1) is 10.8. The number of pyridine rings is 1. The maximum absolute atomic E-state index is 13.6. The Labute approximate surface area is 126 Å². The lowest BCUT2D eigenvalue weighted by Crippen LogP contribution is -1.90. The zero-order chi connectivity index (χ0) is 15.1. The number of H-pyrrole nitrogens is 1. The third-order valence-electron chi connectivity index (χ3n) is 3.85. The first kappa shape index (κ1) is 12.8. The van der Waals surface area contributed by atoms with Crippen LogP contribution in [0, 0.1) is 5.82 Å². The Morgan fingerprint density at radius 1 is 1.05 bits per heavy atom. The average Bonchev–Trinajstić information content (AvgIpc) is 2.94. The lowest BCUT2D eigenvalue weighted by molar-refractivity contribution is 0.387. The number of nitrogens with one attached hydrogen (secondary N) is 1. The van der Waals surface area contributed by atoms with E-state index < -0.39 is 0 Å². The van der Waals surface area contributed by atoms with Crippen LogP contribution in [-0.2, 0) is 0 Å². The molecule has 2 aromatic carbocycles. The van der Waals surface area contributed by atoms with Gasteiger partial charge < -0.3 is 9.72 Å². The Kier molecular flexibility index (Phi) is 2.82. The van der Waals surface area contributed by atoms with Crippen molar-refractivity contribution in [3.63, 3.8) is 0 Å². The van der Waals surface area contributed by atoms with Crippen LogP contribution < -0.4 is 4.74 Å². The number of benzene rings is 2. The van der Waals surface area contributed by atoms with Gasteiger partial charge in [-0.2, -0.15) is 0 Å². The molecule has 0 aliphatic rings. The molecule has 4 rings (SSSR count). The molecule has 0 atom stereocenters. The smallest absolute Gasteiger partial charge is 0.165 e. The second kappa shape index (κ2) is 4.84. The van der Waals surface area contributed by atoms with Crippen molar-refractivity contribution in [2.45, 2.75) is 0 Å². The van der Waals surface area contributed by atoms with Crippen molar-refractivity contribution in [3.8, 4) is 17.0 Å². The lowest BCUT2D eigenvalue weighted by atomic mass is 10.1. The van der Waals surface area contributed by atoms with Crippen LogP contribution in [0.1, 0.15) is 0 Å². The van der Waals surface area contributed by atoms with Crippen LogP contribution in [0.3, 0.4) is 0 Å². The number of rotatable bonds is 2. The highest BCUT2D eigenvalue weighted by Gasteiger charge is 2.12. The standard InChI is InChI=1S/C18H13FN2O/c1-22-16-10-11(6-7-14(16)19)17-18-13(8-9-20-17)12-4-2-3-5-15(12)21-18/h2-10,21H,1H3. The van der Waals surface area contributed by atoms with Crippen LogP contribution in [-0.4, -0.2) is 17.1 Å². The number of fused-ring (bicyclic) bond motifs is 3. The fraction of sp³-hybridized carbons (Fsp3) is 0.0556. The quantitative estimate of drug-likeness (QED) is 0.589. The molecule has 0 fully saturated rings. The first-order valence-electron chi connectivity index (χ1n) is 6.97. The summed E-state index contributed by atoms with van der Waals surface area (Å²) in [4.78, 5) is 7.87. The Morgan fingerprint density at radius 3 is 2.77 bits per heavy atom. The fourth-order valence-electron chi connectivity index (χ4n) is 2.80. The van der Waals surface area contributed by atoms with E-state index >= 15 is 0 Å². The van der Waals surface area contributed by atoms with Crippen molar-refractivity contribution in [2.75, 3.05) is 7.11 Å². The van der Waals surface area contributed by atoms with Crippen molar-refractivity contribution in [3.05, 3.63) is 60.5 Å². The normalized spacial score (nSPS) is 11.2. The van der Waals surface area contributed by atoms with E-state index in [0.717, 1.165) is 33.1 Å². The molecular weight excluding hydrogens is 279 g/mol. The molecule has 108 valence electrons. The highest BCUT2D eigenvalue weighted by molar-refractivity contribution is 6.10. The molecule has 4 heteroatoms. The van der Waals surface area contributed by atoms with E-state index in [0.29, 0.717) is 0 Å². The third kappa shape index (κ3) is 1.84. The molecule has 0 bridgehead atoms. The van der Waals surface area contributed by atoms with Crippen LogP contribution >= 0.6 is 0 Å². The van der Waals surface area contributed by atoms with E-state index in [4.69, 9.17) is 4.74 Å². The summed E-state index contributed by atoms with van der Waals surface area (Å²) in [5, 5.41) is 2.25. The number of hydrogen-bond donors (Lipinski definition) is 1. The average molecular weight is 292 g/mol. The maximum atomic E-state index is 13.6. The number of halogens is 1. The summed E-state index contributed by atoms with van der Waals surface area (Å²) in [5.74, 6) is -0.164. The second-order valence-electron chi connectivity index (χ2n) is 5.10. The summed E-state index contributed by atoms with van der Waals surface area (Å²) in [7, 11) is 1.46. The lowest BCUT2D eigenvalue weighted by Gasteiger charge is -2.06. The molecular formula is C18H13FN2O. The Morgan fingerprint density at radius 2 is 1.91 bits per heavy atom. The highest BCUT2D eigenvalue weighted by atomic mass is 19.1. The van der Waals surface area contributed by atoms with Crippen LogP contribution in [0.15, 0.2) is 54.7 Å². The van der Waals surface area contributed by atoms with Gasteiger partial charge in [-0.25, -0.2) is 4.39 Å². The van der Waals surface area contributed by atoms with E-state index in [1.54, 1.807) is 18.3 Å². The van der Waals surface area contributed by atoms with Crippen LogP contribution in [0.5, 0.6) is 5.75 Å². The van der Waals surface area contributed by atoms with E-state index in [1.807, 2.05) is 24.3 Å². The highest BCUT2D eigenvalue weighted by Crippen LogP contribution is 2.33. The summed E-state index contributed by atoms with van der Waals surface area (Å²) >= 11 is 0. The van der Waals surface area contributed by atoms with Gasteiger partial charge in [0, 0.05) is 28.0 Å². The zero-order valence-electron chi connectivity index (χ0n) is 11.9. The molecule has 22 heavy (non-hydrogen) atoms. The minimum atomic E-state index is -0.380. The zero-order valence-corrected chi connectivity index (χ0v) is 11.9. The number of hydrogen-bond acceptors (Lipinski definition) is 2. The SMILES string of the molecule is COc1cc(-c2nccc3c2[nH]c2ccccc23)ccc1F. The van der Waals surface area contributed by atoms with Gasteiger partial charge in [-0.1, -0.05) is 18.2 Å². The number of methoxy groups -OCH3 is 1. The molecule has 3 nitrogen and oxygen atoms in total. The molecule has 1 N–H and O–H groups in total. The summed E-state index contributed by atoms with van der Waals surface area (Å²) < 4.78 is 18.7. The third-order valence-corrected chi connectivity index (χ3v) is 3.85. The summed E-state index contributed by atoms with van der Waals surface area (Å²) in [6.07, 6.45) is 1.77.